The average molecular weight is 400 g/mol. The molecular weight excluding hydrogens is 374 g/mol. The maximum Gasteiger partial charge on any atom is 0.253 e. The Balaban J connectivity index is 1.40. The Morgan fingerprint density at radius 1 is 1.18 bits per heavy atom. The molecule has 1 aromatic carbocycles. The molecule has 28 heavy (non-hydrogen) atoms. The number of carbonyl (C=O) groups excluding carboxylic acids is 2. The van der Waals surface area contributed by atoms with Crippen molar-refractivity contribution in [2.75, 3.05) is 11.1 Å². The van der Waals surface area contributed by atoms with E-state index in [-0.39, 0.29) is 23.6 Å². The third kappa shape index (κ3) is 4.38. The van der Waals surface area contributed by atoms with Crippen LogP contribution in [-0.2, 0) is 4.79 Å². The topological polar surface area (TPSA) is 88.9 Å². The summed E-state index contributed by atoms with van der Waals surface area (Å²) in [4.78, 5) is 24.9. The second kappa shape index (κ2) is 7.95. The van der Waals surface area contributed by atoms with E-state index in [0.29, 0.717) is 23.2 Å². The van der Waals surface area contributed by atoms with Crippen molar-refractivity contribution in [2.45, 2.75) is 62.7 Å². The molecule has 0 bridgehead atoms. The first-order chi connectivity index (χ1) is 13.5. The van der Waals surface area contributed by atoms with Crippen molar-refractivity contribution in [1.29, 1.82) is 0 Å². The van der Waals surface area contributed by atoms with Crippen LogP contribution in [0.5, 0.6) is 0 Å². The molecule has 1 aromatic heterocycles. The minimum Gasteiger partial charge on any atom is -0.349 e. The van der Waals surface area contributed by atoms with Crippen LogP contribution in [-0.4, -0.2) is 38.4 Å². The van der Waals surface area contributed by atoms with Gasteiger partial charge in [-0.05, 0) is 37.8 Å². The van der Waals surface area contributed by atoms with Crippen LogP contribution < -0.4 is 10.6 Å². The molecule has 2 amide bonds. The Morgan fingerprint density at radius 2 is 1.93 bits per heavy atom. The van der Waals surface area contributed by atoms with Crippen molar-refractivity contribution in [3.8, 4) is 0 Å². The lowest BCUT2D eigenvalue weighted by molar-refractivity contribution is -0.113. The summed E-state index contributed by atoms with van der Waals surface area (Å²) in [5.74, 6) is 1.21. The van der Waals surface area contributed by atoms with Gasteiger partial charge in [0.25, 0.3) is 5.91 Å². The minimum absolute atomic E-state index is 0.138. The van der Waals surface area contributed by atoms with Gasteiger partial charge in [0.15, 0.2) is 5.16 Å². The highest BCUT2D eigenvalue weighted by Crippen LogP contribution is 2.40. The molecule has 7 nitrogen and oxygen atoms in total. The maximum absolute atomic E-state index is 12.5. The third-order valence-corrected chi connectivity index (χ3v) is 5.75. The molecular formula is C20H25N5O2S. The SMILES string of the molecule is CC(C)c1nnc(SCC(=O)Nc2ccccc2C(=O)NC2CC2)n1C1CC1. The average Bonchev–Trinajstić information content (AvgIpc) is 3.60. The van der Waals surface area contributed by atoms with Crippen LogP contribution in [0.1, 0.15) is 67.7 Å². The summed E-state index contributed by atoms with van der Waals surface area (Å²) in [6.45, 7) is 4.21. The Bertz CT molecular complexity index is 886. The Hall–Kier alpha value is -2.35. The van der Waals surface area contributed by atoms with Gasteiger partial charge >= 0.3 is 0 Å². The molecule has 0 spiro atoms. The molecule has 2 aliphatic carbocycles. The first-order valence-electron chi connectivity index (χ1n) is 9.80. The molecule has 0 aliphatic heterocycles. The van der Waals surface area contributed by atoms with E-state index in [1.54, 1.807) is 18.2 Å². The zero-order valence-corrected chi connectivity index (χ0v) is 17.0. The zero-order valence-electron chi connectivity index (χ0n) is 16.1. The Labute approximate surface area is 168 Å². The summed E-state index contributed by atoms with van der Waals surface area (Å²) in [5, 5.41) is 15.2. The van der Waals surface area contributed by atoms with E-state index < -0.39 is 0 Å². The van der Waals surface area contributed by atoms with E-state index in [2.05, 4.69) is 39.2 Å². The van der Waals surface area contributed by atoms with E-state index >= 15 is 0 Å². The zero-order chi connectivity index (χ0) is 19.7. The van der Waals surface area contributed by atoms with Gasteiger partial charge in [-0.2, -0.15) is 0 Å². The fourth-order valence-corrected chi connectivity index (χ4v) is 3.87. The van der Waals surface area contributed by atoms with Crippen molar-refractivity contribution in [2.24, 2.45) is 0 Å². The maximum atomic E-state index is 12.5. The number of anilines is 1. The molecule has 0 radical (unpaired) electrons. The number of carbonyl (C=O) groups is 2. The number of nitrogens with one attached hydrogen (secondary N) is 2. The van der Waals surface area contributed by atoms with E-state index in [4.69, 9.17) is 0 Å². The number of nitrogens with zero attached hydrogens (tertiary/aromatic N) is 3. The molecule has 2 N–H and O–H groups in total. The molecule has 0 unspecified atom stereocenters. The number of thioether (sulfide) groups is 1. The molecule has 2 aromatic rings. The molecule has 4 rings (SSSR count). The van der Waals surface area contributed by atoms with Crippen LogP contribution in [0.15, 0.2) is 29.4 Å². The summed E-state index contributed by atoms with van der Waals surface area (Å²) >= 11 is 1.39. The number of hydrogen-bond donors (Lipinski definition) is 2. The molecule has 148 valence electrons. The Morgan fingerprint density at radius 3 is 2.61 bits per heavy atom. The predicted molar refractivity (Wildman–Crippen MR) is 109 cm³/mol. The van der Waals surface area contributed by atoms with E-state index in [1.807, 2.05) is 6.07 Å². The van der Waals surface area contributed by atoms with Gasteiger partial charge in [0.05, 0.1) is 17.0 Å². The van der Waals surface area contributed by atoms with Gasteiger partial charge < -0.3 is 15.2 Å². The predicted octanol–water partition coefficient (Wildman–Crippen LogP) is 3.36. The Kier molecular flexibility index (Phi) is 5.39. The van der Waals surface area contributed by atoms with Crippen molar-refractivity contribution in [3.05, 3.63) is 35.7 Å². The molecule has 1 heterocycles. The standard InChI is InChI=1S/C20H25N5O2S/c1-12(2)18-23-24-20(25(18)14-9-10-14)28-11-17(26)22-16-6-4-3-5-15(16)19(27)21-13-7-8-13/h3-6,12-14H,7-11H2,1-2H3,(H,21,27)(H,22,26). The van der Waals surface area contributed by atoms with Gasteiger partial charge in [0, 0.05) is 18.0 Å². The minimum atomic E-state index is -0.159. The van der Waals surface area contributed by atoms with Crippen molar-refractivity contribution in [3.63, 3.8) is 0 Å². The molecule has 2 saturated carbocycles. The fraction of sp³-hybridized carbons (Fsp3) is 0.500. The first kappa shape index (κ1) is 19.0. The van der Waals surface area contributed by atoms with Crippen molar-refractivity contribution < 1.29 is 9.59 Å². The number of benzene rings is 1. The van der Waals surface area contributed by atoms with Crippen LogP contribution >= 0.6 is 11.8 Å². The highest BCUT2D eigenvalue weighted by atomic mass is 32.2. The first-order valence-corrected chi connectivity index (χ1v) is 10.8. The van der Waals surface area contributed by atoms with Gasteiger partial charge in [-0.3, -0.25) is 9.59 Å². The molecule has 0 saturated heterocycles. The number of hydrogen-bond acceptors (Lipinski definition) is 5. The highest BCUT2D eigenvalue weighted by molar-refractivity contribution is 7.99. The van der Waals surface area contributed by atoms with Gasteiger partial charge in [-0.15, -0.1) is 10.2 Å². The van der Waals surface area contributed by atoms with Crippen molar-refractivity contribution >= 4 is 29.3 Å². The van der Waals surface area contributed by atoms with Crippen LogP contribution in [0, 0.1) is 0 Å². The lowest BCUT2D eigenvalue weighted by atomic mass is 10.1. The number of para-hydroxylation sites is 1. The largest absolute Gasteiger partial charge is 0.349 e. The van der Waals surface area contributed by atoms with Crippen molar-refractivity contribution in [1.82, 2.24) is 20.1 Å². The summed E-state index contributed by atoms with van der Waals surface area (Å²) in [5.41, 5.74) is 1.04. The second-order valence-corrected chi connectivity index (χ2v) is 8.67. The van der Waals surface area contributed by atoms with Crippen LogP contribution in [0.4, 0.5) is 5.69 Å². The van der Waals surface area contributed by atoms with Gasteiger partial charge in [0.2, 0.25) is 5.91 Å². The summed E-state index contributed by atoms with van der Waals surface area (Å²) in [6, 6.07) is 7.85. The normalized spacial score (nSPS) is 16.2. The van der Waals surface area contributed by atoms with Gasteiger partial charge in [-0.1, -0.05) is 37.7 Å². The summed E-state index contributed by atoms with van der Waals surface area (Å²) < 4.78 is 2.18. The monoisotopic (exact) mass is 399 g/mol. The van der Waals surface area contributed by atoms with Gasteiger partial charge in [-0.25, -0.2) is 0 Å². The van der Waals surface area contributed by atoms with Crippen LogP contribution in [0.2, 0.25) is 0 Å². The fourth-order valence-electron chi connectivity index (χ4n) is 3.05. The van der Waals surface area contributed by atoms with E-state index in [9.17, 15) is 9.59 Å². The summed E-state index contributed by atoms with van der Waals surface area (Å²) in [6.07, 6.45) is 4.33. The van der Waals surface area contributed by atoms with E-state index in [0.717, 1.165) is 36.7 Å². The summed E-state index contributed by atoms with van der Waals surface area (Å²) in [7, 11) is 0. The number of rotatable bonds is 8. The molecule has 2 fully saturated rings. The quantitative estimate of drug-likeness (QED) is 0.665. The lowest BCUT2D eigenvalue weighted by Crippen LogP contribution is -2.27. The molecule has 0 atom stereocenters. The highest BCUT2D eigenvalue weighted by Gasteiger charge is 2.30. The number of aromatic nitrogens is 3. The number of amides is 2. The lowest BCUT2D eigenvalue weighted by Gasteiger charge is -2.12. The molecule has 8 heteroatoms. The third-order valence-electron chi connectivity index (χ3n) is 4.81. The second-order valence-electron chi connectivity index (χ2n) is 7.73. The van der Waals surface area contributed by atoms with E-state index in [1.165, 1.54) is 11.8 Å². The van der Waals surface area contributed by atoms with Crippen LogP contribution in [0.3, 0.4) is 0 Å². The smallest absolute Gasteiger partial charge is 0.253 e. The van der Waals surface area contributed by atoms with Gasteiger partial charge in [0.1, 0.15) is 5.82 Å². The van der Waals surface area contributed by atoms with Crippen LogP contribution in [0.25, 0.3) is 0 Å². The molecule has 2 aliphatic rings.